The lowest BCUT2D eigenvalue weighted by Crippen LogP contribution is -2.00. The van der Waals surface area contributed by atoms with Gasteiger partial charge in [-0.3, -0.25) is 4.98 Å². The molecule has 0 saturated heterocycles. The van der Waals surface area contributed by atoms with E-state index in [1.54, 1.807) is 6.20 Å². The standard InChI is InChI=1S/C16H18N2O/c1-17-14-7-8-18-15(10-14)11-19-16-6-5-12-3-2-4-13(12)9-16/h5-10H,2-4,11H2,1H3,(H,17,18). The molecular weight excluding hydrogens is 236 g/mol. The van der Waals surface area contributed by atoms with Gasteiger partial charge < -0.3 is 10.1 Å². The number of ether oxygens (including phenoxy) is 1. The van der Waals surface area contributed by atoms with Crippen LogP contribution in [0.5, 0.6) is 5.75 Å². The summed E-state index contributed by atoms with van der Waals surface area (Å²) in [7, 11) is 1.90. The molecule has 1 heterocycles. The molecule has 1 aliphatic rings. The van der Waals surface area contributed by atoms with Gasteiger partial charge in [-0.05, 0) is 54.7 Å². The molecule has 0 spiro atoms. The Morgan fingerprint density at radius 3 is 2.95 bits per heavy atom. The van der Waals surface area contributed by atoms with Crippen molar-refractivity contribution in [3.8, 4) is 5.75 Å². The number of aryl methyl sites for hydroxylation is 2. The number of nitrogens with zero attached hydrogens (tertiary/aromatic N) is 1. The Labute approximate surface area is 113 Å². The first-order valence-electron chi connectivity index (χ1n) is 6.72. The molecule has 0 atom stereocenters. The van der Waals surface area contributed by atoms with Crippen molar-refractivity contribution in [2.24, 2.45) is 0 Å². The molecule has 0 fully saturated rings. The zero-order valence-electron chi connectivity index (χ0n) is 11.1. The summed E-state index contributed by atoms with van der Waals surface area (Å²) >= 11 is 0. The molecule has 0 aliphatic heterocycles. The SMILES string of the molecule is CNc1ccnc(COc2ccc3c(c2)CCC3)c1. The lowest BCUT2D eigenvalue weighted by atomic mass is 10.1. The van der Waals surface area contributed by atoms with Crippen LogP contribution in [0, 0.1) is 0 Å². The van der Waals surface area contributed by atoms with E-state index in [0.717, 1.165) is 17.1 Å². The molecule has 1 aromatic heterocycles. The predicted octanol–water partition coefficient (Wildman–Crippen LogP) is 3.19. The summed E-state index contributed by atoms with van der Waals surface area (Å²) in [6.07, 6.45) is 5.46. The van der Waals surface area contributed by atoms with Crippen molar-refractivity contribution in [3.63, 3.8) is 0 Å². The Kier molecular flexibility index (Phi) is 3.36. The van der Waals surface area contributed by atoms with Crippen LogP contribution in [0.2, 0.25) is 0 Å². The van der Waals surface area contributed by atoms with E-state index in [1.807, 2.05) is 19.2 Å². The highest BCUT2D eigenvalue weighted by Crippen LogP contribution is 2.26. The number of benzene rings is 1. The lowest BCUT2D eigenvalue weighted by molar-refractivity contribution is 0.301. The molecule has 0 saturated carbocycles. The molecule has 19 heavy (non-hydrogen) atoms. The maximum absolute atomic E-state index is 5.83. The average molecular weight is 254 g/mol. The van der Waals surface area contributed by atoms with Gasteiger partial charge in [0.05, 0.1) is 5.69 Å². The second-order valence-corrected chi connectivity index (χ2v) is 4.86. The van der Waals surface area contributed by atoms with Crippen LogP contribution in [-0.2, 0) is 19.4 Å². The first-order chi connectivity index (χ1) is 9.35. The van der Waals surface area contributed by atoms with E-state index in [2.05, 4.69) is 28.5 Å². The summed E-state index contributed by atoms with van der Waals surface area (Å²) in [5, 5.41) is 3.10. The van der Waals surface area contributed by atoms with Gasteiger partial charge in [-0.1, -0.05) is 6.07 Å². The van der Waals surface area contributed by atoms with E-state index in [-0.39, 0.29) is 0 Å². The van der Waals surface area contributed by atoms with Gasteiger partial charge in [0.25, 0.3) is 0 Å². The Bertz CT molecular complexity index is 581. The highest BCUT2D eigenvalue weighted by Gasteiger charge is 2.11. The minimum Gasteiger partial charge on any atom is -0.487 e. The topological polar surface area (TPSA) is 34.2 Å². The van der Waals surface area contributed by atoms with Crippen LogP contribution in [0.4, 0.5) is 5.69 Å². The van der Waals surface area contributed by atoms with Gasteiger partial charge in [-0.25, -0.2) is 0 Å². The van der Waals surface area contributed by atoms with Crippen LogP contribution in [0.25, 0.3) is 0 Å². The molecule has 1 aromatic carbocycles. The third-order valence-corrected chi connectivity index (χ3v) is 3.56. The number of anilines is 1. The Hall–Kier alpha value is -2.03. The monoisotopic (exact) mass is 254 g/mol. The van der Waals surface area contributed by atoms with Gasteiger partial charge in [-0.2, -0.15) is 0 Å². The van der Waals surface area contributed by atoms with Crippen molar-refractivity contribution in [1.82, 2.24) is 4.98 Å². The number of hydrogen-bond acceptors (Lipinski definition) is 3. The zero-order valence-corrected chi connectivity index (χ0v) is 11.1. The first-order valence-corrected chi connectivity index (χ1v) is 6.72. The summed E-state index contributed by atoms with van der Waals surface area (Å²) in [6, 6.07) is 10.4. The van der Waals surface area contributed by atoms with Crippen LogP contribution >= 0.6 is 0 Å². The van der Waals surface area contributed by atoms with Crippen molar-refractivity contribution < 1.29 is 4.74 Å². The van der Waals surface area contributed by atoms with Crippen LogP contribution < -0.4 is 10.1 Å². The maximum atomic E-state index is 5.83. The predicted molar refractivity (Wildman–Crippen MR) is 76.6 cm³/mol. The number of nitrogens with one attached hydrogen (secondary N) is 1. The van der Waals surface area contributed by atoms with E-state index in [9.17, 15) is 0 Å². The third-order valence-electron chi connectivity index (χ3n) is 3.56. The van der Waals surface area contributed by atoms with E-state index in [4.69, 9.17) is 4.74 Å². The highest BCUT2D eigenvalue weighted by molar-refractivity contribution is 5.42. The van der Waals surface area contributed by atoms with E-state index in [0.29, 0.717) is 6.61 Å². The van der Waals surface area contributed by atoms with Crippen LogP contribution in [-0.4, -0.2) is 12.0 Å². The molecule has 3 rings (SSSR count). The van der Waals surface area contributed by atoms with Gasteiger partial charge in [0.1, 0.15) is 12.4 Å². The van der Waals surface area contributed by atoms with E-state index < -0.39 is 0 Å². The quantitative estimate of drug-likeness (QED) is 0.909. The molecule has 0 unspecified atom stereocenters. The fourth-order valence-electron chi connectivity index (χ4n) is 2.51. The molecule has 2 aromatic rings. The number of aromatic nitrogens is 1. The first kappa shape index (κ1) is 12.0. The van der Waals surface area contributed by atoms with Gasteiger partial charge in [0.15, 0.2) is 0 Å². The molecule has 0 bridgehead atoms. The van der Waals surface area contributed by atoms with Crippen molar-refractivity contribution >= 4 is 5.69 Å². The molecule has 0 amide bonds. The highest BCUT2D eigenvalue weighted by atomic mass is 16.5. The summed E-state index contributed by atoms with van der Waals surface area (Å²) in [4.78, 5) is 4.31. The second kappa shape index (κ2) is 5.31. The zero-order chi connectivity index (χ0) is 13.1. The maximum Gasteiger partial charge on any atom is 0.130 e. The molecule has 3 nitrogen and oxygen atoms in total. The molecule has 3 heteroatoms. The van der Waals surface area contributed by atoms with Crippen molar-refractivity contribution in [2.45, 2.75) is 25.9 Å². The third kappa shape index (κ3) is 2.70. The summed E-state index contributed by atoms with van der Waals surface area (Å²) in [5.74, 6) is 0.942. The minimum absolute atomic E-state index is 0.508. The molecule has 1 aliphatic carbocycles. The number of rotatable bonds is 4. The van der Waals surface area contributed by atoms with Crippen molar-refractivity contribution in [2.75, 3.05) is 12.4 Å². The fraction of sp³-hybridized carbons (Fsp3) is 0.312. The molecule has 1 N–H and O–H groups in total. The van der Waals surface area contributed by atoms with Gasteiger partial charge in [-0.15, -0.1) is 0 Å². The Balaban J connectivity index is 1.68. The fourth-order valence-corrected chi connectivity index (χ4v) is 2.51. The molecule has 98 valence electrons. The molecule has 0 radical (unpaired) electrons. The smallest absolute Gasteiger partial charge is 0.130 e. The van der Waals surface area contributed by atoms with Gasteiger partial charge in [0, 0.05) is 18.9 Å². The minimum atomic E-state index is 0.508. The van der Waals surface area contributed by atoms with Gasteiger partial charge >= 0.3 is 0 Å². The Morgan fingerprint density at radius 2 is 2.05 bits per heavy atom. The van der Waals surface area contributed by atoms with E-state index in [1.165, 1.54) is 30.4 Å². The number of hydrogen-bond donors (Lipinski definition) is 1. The van der Waals surface area contributed by atoms with Gasteiger partial charge in [0.2, 0.25) is 0 Å². The number of fused-ring (bicyclic) bond motifs is 1. The largest absolute Gasteiger partial charge is 0.487 e. The van der Waals surface area contributed by atoms with Crippen LogP contribution in [0.15, 0.2) is 36.5 Å². The summed E-state index contributed by atoms with van der Waals surface area (Å²) in [5.41, 5.74) is 4.91. The average Bonchev–Trinajstić information content (AvgIpc) is 2.93. The molecular formula is C16H18N2O. The number of pyridine rings is 1. The van der Waals surface area contributed by atoms with E-state index >= 15 is 0 Å². The lowest BCUT2D eigenvalue weighted by Gasteiger charge is -2.08. The summed E-state index contributed by atoms with van der Waals surface area (Å²) < 4.78 is 5.83. The van der Waals surface area contributed by atoms with Crippen LogP contribution in [0.3, 0.4) is 0 Å². The normalized spacial score (nSPS) is 13.1. The Morgan fingerprint density at radius 1 is 1.16 bits per heavy atom. The second-order valence-electron chi connectivity index (χ2n) is 4.86. The van der Waals surface area contributed by atoms with Crippen LogP contribution in [0.1, 0.15) is 23.2 Å². The van der Waals surface area contributed by atoms with Crippen molar-refractivity contribution in [1.29, 1.82) is 0 Å². The van der Waals surface area contributed by atoms with Crippen molar-refractivity contribution in [3.05, 3.63) is 53.3 Å². The summed E-state index contributed by atoms with van der Waals surface area (Å²) in [6.45, 7) is 0.508.